The number of carbonyl (C=O) groups excluding carboxylic acids is 1. The van der Waals surface area contributed by atoms with E-state index in [1.165, 1.54) is 6.20 Å². The van der Waals surface area contributed by atoms with Gasteiger partial charge in [0.25, 0.3) is 12.4 Å². The topological polar surface area (TPSA) is 129 Å². The highest BCUT2D eigenvalue weighted by atomic mass is 16.6. The van der Waals surface area contributed by atoms with Gasteiger partial charge in [-0.15, -0.1) is 0 Å². The van der Waals surface area contributed by atoms with Crippen LogP contribution in [0.25, 0.3) is 0 Å². The third-order valence-corrected chi connectivity index (χ3v) is 6.05. The first-order valence-corrected chi connectivity index (χ1v) is 9.71. The third-order valence-electron chi connectivity index (χ3n) is 6.05. The van der Waals surface area contributed by atoms with Gasteiger partial charge < -0.3 is 19.8 Å². The molecule has 2 N–H and O–H groups in total. The van der Waals surface area contributed by atoms with E-state index in [-0.39, 0.29) is 29.6 Å². The fraction of sp³-hybridized carbons (Fsp3) is 0.778. The first kappa shape index (κ1) is 20.7. The zero-order chi connectivity index (χ0) is 20.0. The second kappa shape index (κ2) is 9.44. The van der Waals surface area contributed by atoms with Crippen LogP contribution in [0.5, 0.6) is 0 Å². The molecule has 1 aromatic heterocycles. The molecule has 4 rings (SSSR count). The van der Waals surface area contributed by atoms with E-state index in [1.54, 1.807) is 0 Å². The molecule has 0 saturated carbocycles. The molecule has 0 radical (unpaired) electrons. The number of nitrogens with zero attached hydrogens (tertiary/aromatic N) is 4. The molecule has 3 saturated heterocycles. The maximum atomic E-state index is 12.4. The van der Waals surface area contributed by atoms with Crippen LogP contribution in [0.3, 0.4) is 0 Å². The molecule has 3 aliphatic rings. The minimum absolute atomic E-state index is 0.106. The lowest BCUT2D eigenvalue weighted by Gasteiger charge is -2.51. The number of amides is 1. The summed E-state index contributed by atoms with van der Waals surface area (Å²) < 4.78 is 10.0. The third kappa shape index (κ3) is 4.86. The lowest BCUT2D eigenvalue weighted by molar-refractivity contribution is -0.122. The number of likely N-dealkylation sites (tertiary alicyclic amines) is 2. The first-order chi connectivity index (χ1) is 13.6. The van der Waals surface area contributed by atoms with Gasteiger partial charge in [0.15, 0.2) is 5.69 Å². The van der Waals surface area contributed by atoms with Crippen molar-refractivity contribution in [3.8, 4) is 0 Å². The summed E-state index contributed by atoms with van der Waals surface area (Å²) in [6.07, 6.45) is 5.85. The summed E-state index contributed by atoms with van der Waals surface area (Å²) in [4.78, 5) is 25.1. The summed E-state index contributed by atoms with van der Waals surface area (Å²) in [7, 11) is 0. The van der Waals surface area contributed by atoms with Crippen LogP contribution in [-0.2, 0) is 9.53 Å². The molecule has 1 aromatic rings. The molecule has 3 fully saturated rings. The molecule has 10 nitrogen and oxygen atoms in total. The van der Waals surface area contributed by atoms with Gasteiger partial charge in [0.1, 0.15) is 6.20 Å². The van der Waals surface area contributed by atoms with Gasteiger partial charge in [0.05, 0.1) is 6.10 Å². The van der Waals surface area contributed by atoms with Crippen LogP contribution in [-0.4, -0.2) is 94.2 Å². The minimum Gasteiger partial charge on any atom is -0.483 e. The molecule has 0 bridgehead atoms. The van der Waals surface area contributed by atoms with Crippen molar-refractivity contribution in [2.75, 3.05) is 39.4 Å². The summed E-state index contributed by atoms with van der Waals surface area (Å²) in [5.74, 6) is -0.117. The van der Waals surface area contributed by atoms with Gasteiger partial charge >= 0.3 is 0 Å². The first-order valence-electron chi connectivity index (χ1n) is 9.71. The van der Waals surface area contributed by atoms with E-state index in [4.69, 9.17) is 14.6 Å². The predicted molar refractivity (Wildman–Crippen MR) is 96.6 cm³/mol. The fourth-order valence-corrected chi connectivity index (χ4v) is 4.69. The molecule has 156 valence electrons. The summed E-state index contributed by atoms with van der Waals surface area (Å²) in [6.45, 7) is 4.55. The molecular weight excluding hydrogens is 368 g/mol. The maximum absolute atomic E-state index is 12.4. The SMILES string of the molecule is O=C(c1cnon1)N1CCC2(CC1)CC(O)CN(C1CCOCC1)C2.O=CO. The Bertz CT molecular complexity index is 626. The summed E-state index contributed by atoms with van der Waals surface area (Å²) in [5, 5.41) is 24.5. The molecule has 10 heteroatoms. The number of β-amino-alcohol motifs (C(OH)–C–C–N with tert-alkyl or cyclic N) is 1. The minimum atomic E-state index is -0.279. The van der Waals surface area contributed by atoms with Crippen molar-refractivity contribution in [2.24, 2.45) is 5.41 Å². The highest BCUT2D eigenvalue weighted by Crippen LogP contribution is 2.41. The van der Waals surface area contributed by atoms with Gasteiger partial charge in [-0.25, -0.2) is 4.63 Å². The number of aromatic nitrogens is 2. The Morgan fingerprint density at radius 1 is 1.29 bits per heavy atom. The van der Waals surface area contributed by atoms with E-state index >= 15 is 0 Å². The monoisotopic (exact) mass is 396 g/mol. The Morgan fingerprint density at radius 2 is 1.96 bits per heavy atom. The average Bonchev–Trinajstić information content (AvgIpc) is 3.24. The number of aliphatic hydroxyl groups excluding tert-OH is 1. The molecule has 1 unspecified atom stereocenters. The van der Waals surface area contributed by atoms with E-state index in [2.05, 4.69) is 19.8 Å². The summed E-state index contributed by atoms with van der Waals surface area (Å²) >= 11 is 0. The summed E-state index contributed by atoms with van der Waals surface area (Å²) in [5.41, 5.74) is 0.373. The zero-order valence-corrected chi connectivity index (χ0v) is 15.9. The summed E-state index contributed by atoms with van der Waals surface area (Å²) in [6, 6.07) is 0.515. The number of ether oxygens (including phenoxy) is 1. The fourth-order valence-electron chi connectivity index (χ4n) is 4.69. The van der Waals surface area contributed by atoms with Gasteiger partial charge in [-0.3, -0.25) is 14.5 Å². The van der Waals surface area contributed by atoms with Gasteiger partial charge in [-0.1, -0.05) is 5.16 Å². The highest BCUT2D eigenvalue weighted by molar-refractivity contribution is 5.91. The molecule has 0 aliphatic carbocycles. The van der Waals surface area contributed by atoms with E-state index in [0.717, 1.165) is 58.4 Å². The van der Waals surface area contributed by atoms with Crippen LogP contribution in [0.1, 0.15) is 42.6 Å². The largest absolute Gasteiger partial charge is 0.483 e. The predicted octanol–water partition coefficient (Wildman–Crippen LogP) is 0.238. The number of piperidine rings is 2. The highest BCUT2D eigenvalue weighted by Gasteiger charge is 2.44. The molecule has 1 atom stereocenters. The van der Waals surface area contributed by atoms with Crippen molar-refractivity contribution in [1.29, 1.82) is 0 Å². The van der Waals surface area contributed by atoms with Crippen LogP contribution in [0.15, 0.2) is 10.8 Å². The molecule has 1 amide bonds. The lowest BCUT2D eigenvalue weighted by Crippen LogP contribution is -2.57. The van der Waals surface area contributed by atoms with Gasteiger partial charge in [0, 0.05) is 45.4 Å². The standard InChI is InChI=1S/C17H26N4O4.CH2O2/c22-14-9-17(12-21(11-14)13-1-7-24-8-2-13)3-5-20(6-4-17)16(23)15-10-18-25-19-15;2-1-3/h10,13-14,22H,1-9,11-12H2;1H,(H,2,3). The second-order valence-electron chi connectivity index (χ2n) is 7.82. The normalized spacial score (nSPS) is 25.8. The molecular formula is C18H28N4O6. The Balaban J connectivity index is 0.000000706. The molecule has 0 aromatic carbocycles. The lowest BCUT2D eigenvalue weighted by atomic mass is 9.71. The molecule has 4 heterocycles. The van der Waals surface area contributed by atoms with Crippen molar-refractivity contribution < 1.29 is 29.2 Å². The van der Waals surface area contributed by atoms with Crippen molar-refractivity contribution in [2.45, 2.75) is 44.2 Å². The van der Waals surface area contributed by atoms with Crippen molar-refractivity contribution in [3.63, 3.8) is 0 Å². The van der Waals surface area contributed by atoms with Gasteiger partial charge in [0.2, 0.25) is 0 Å². The maximum Gasteiger partial charge on any atom is 0.290 e. The van der Waals surface area contributed by atoms with Crippen molar-refractivity contribution >= 4 is 12.4 Å². The number of carboxylic acid groups (broad SMARTS) is 1. The van der Waals surface area contributed by atoms with Gasteiger partial charge in [-0.2, -0.15) is 0 Å². The second-order valence-corrected chi connectivity index (χ2v) is 7.82. The Morgan fingerprint density at radius 3 is 2.57 bits per heavy atom. The van der Waals surface area contributed by atoms with Crippen LogP contribution in [0.4, 0.5) is 0 Å². The quantitative estimate of drug-likeness (QED) is 0.675. The molecule has 28 heavy (non-hydrogen) atoms. The van der Waals surface area contributed by atoms with Crippen molar-refractivity contribution in [3.05, 3.63) is 11.9 Å². The average molecular weight is 396 g/mol. The van der Waals surface area contributed by atoms with Crippen molar-refractivity contribution in [1.82, 2.24) is 20.1 Å². The number of carbonyl (C=O) groups is 2. The number of hydrogen-bond acceptors (Lipinski definition) is 8. The number of aliphatic hydroxyl groups is 1. The Labute approximate surface area is 163 Å². The number of rotatable bonds is 2. The van der Waals surface area contributed by atoms with Crippen LogP contribution >= 0.6 is 0 Å². The molecule has 1 spiro atoms. The van der Waals surface area contributed by atoms with E-state index in [1.807, 2.05) is 4.90 Å². The van der Waals surface area contributed by atoms with Crippen LogP contribution in [0, 0.1) is 5.41 Å². The van der Waals surface area contributed by atoms with E-state index < -0.39 is 0 Å². The Hall–Kier alpha value is -2.04. The number of hydrogen-bond donors (Lipinski definition) is 2. The van der Waals surface area contributed by atoms with E-state index in [9.17, 15) is 9.90 Å². The molecule has 3 aliphatic heterocycles. The Kier molecular flexibility index (Phi) is 6.97. The van der Waals surface area contributed by atoms with Gasteiger partial charge in [-0.05, 0) is 42.7 Å². The van der Waals surface area contributed by atoms with Crippen LogP contribution < -0.4 is 0 Å². The van der Waals surface area contributed by atoms with Crippen LogP contribution in [0.2, 0.25) is 0 Å². The van der Waals surface area contributed by atoms with E-state index in [0.29, 0.717) is 19.1 Å². The zero-order valence-electron chi connectivity index (χ0n) is 15.9. The smallest absolute Gasteiger partial charge is 0.290 e.